The van der Waals surface area contributed by atoms with Crippen molar-refractivity contribution < 1.29 is 19.5 Å². The third kappa shape index (κ3) is 2.48. The number of ketones is 1. The number of hydrogen-bond acceptors (Lipinski definition) is 3. The van der Waals surface area contributed by atoms with E-state index < -0.39 is 22.2 Å². The first kappa shape index (κ1) is 22.3. The van der Waals surface area contributed by atoms with Crippen molar-refractivity contribution in [1.29, 1.82) is 0 Å². The number of rotatable bonds is 7. The molecule has 4 nitrogen and oxygen atoms in total. The van der Waals surface area contributed by atoms with Crippen molar-refractivity contribution >= 4 is 18.0 Å². The fourth-order valence-electron chi connectivity index (χ4n) is 9.74. The van der Waals surface area contributed by atoms with Crippen LogP contribution in [-0.2, 0) is 14.4 Å². The van der Waals surface area contributed by atoms with Crippen molar-refractivity contribution in [3.8, 4) is 0 Å². The van der Waals surface area contributed by atoms with Crippen molar-refractivity contribution in [1.82, 2.24) is 0 Å². The summed E-state index contributed by atoms with van der Waals surface area (Å²) in [7, 11) is 0. The molecule has 32 heavy (non-hydrogen) atoms. The van der Waals surface area contributed by atoms with Gasteiger partial charge in [0.2, 0.25) is 0 Å². The summed E-state index contributed by atoms with van der Waals surface area (Å²) in [6.45, 7) is 6.33. The van der Waals surface area contributed by atoms with Crippen LogP contribution in [0.4, 0.5) is 0 Å². The van der Waals surface area contributed by atoms with Crippen molar-refractivity contribution in [2.75, 3.05) is 0 Å². The molecule has 5 aliphatic carbocycles. The lowest BCUT2D eigenvalue weighted by Gasteiger charge is -2.57. The zero-order valence-electron chi connectivity index (χ0n) is 20.1. The lowest BCUT2D eigenvalue weighted by Crippen LogP contribution is -2.64. The van der Waals surface area contributed by atoms with Crippen LogP contribution in [0.2, 0.25) is 0 Å². The van der Waals surface area contributed by atoms with Gasteiger partial charge in [0.05, 0.1) is 10.8 Å². The van der Waals surface area contributed by atoms with Crippen LogP contribution in [0.5, 0.6) is 0 Å². The fourth-order valence-corrected chi connectivity index (χ4v) is 9.74. The summed E-state index contributed by atoms with van der Waals surface area (Å²) in [6.07, 6.45) is 13.9. The normalized spacial score (nSPS) is 45.1. The van der Waals surface area contributed by atoms with Gasteiger partial charge in [0.15, 0.2) is 0 Å². The molecule has 0 radical (unpaired) electrons. The van der Waals surface area contributed by atoms with Gasteiger partial charge >= 0.3 is 5.97 Å². The minimum Gasteiger partial charge on any atom is -0.481 e. The van der Waals surface area contributed by atoms with Crippen molar-refractivity contribution in [3.63, 3.8) is 0 Å². The molecule has 5 aliphatic rings. The Labute approximate surface area is 192 Å². The number of Topliss-reactive ketones (excluding diaryl/α,β-unsaturated/α-hetero) is 1. The highest BCUT2D eigenvalue weighted by Crippen LogP contribution is 2.83. The molecule has 1 N–H and O–H groups in total. The van der Waals surface area contributed by atoms with Gasteiger partial charge in [-0.15, -0.1) is 0 Å². The molecular weight excluding hydrogens is 400 g/mol. The molecule has 3 unspecified atom stereocenters. The van der Waals surface area contributed by atoms with E-state index in [4.69, 9.17) is 0 Å². The Bertz CT molecular complexity index is 851. The summed E-state index contributed by atoms with van der Waals surface area (Å²) in [5.41, 5.74) is -2.31. The lowest BCUT2D eigenvalue weighted by atomic mass is 9.42. The van der Waals surface area contributed by atoms with Gasteiger partial charge in [-0.1, -0.05) is 70.9 Å². The number of carboxylic acids is 1. The highest BCUT2D eigenvalue weighted by atomic mass is 16.4. The second-order valence-corrected chi connectivity index (χ2v) is 12.3. The van der Waals surface area contributed by atoms with Crippen LogP contribution < -0.4 is 0 Å². The van der Waals surface area contributed by atoms with Crippen LogP contribution >= 0.6 is 0 Å². The molecule has 0 heterocycles. The van der Waals surface area contributed by atoms with Crippen LogP contribution in [0.3, 0.4) is 0 Å². The topological polar surface area (TPSA) is 71.4 Å². The Morgan fingerprint density at radius 2 is 1.84 bits per heavy atom. The maximum Gasteiger partial charge on any atom is 0.315 e. The fraction of sp³-hybridized carbons (Fsp3) is 0.821. The van der Waals surface area contributed by atoms with Crippen LogP contribution in [0, 0.1) is 51.8 Å². The Morgan fingerprint density at radius 3 is 2.47 bits per heavy atom. The molecule has 4 bridgehead atoms. The highest BCUT2D eigenvalue weighted by Gasteiger charge is 2.85. The van der Waals surface area contributed by atoms with Crippen molar-refractivity contribution in [2.45, 2.75) is 91.4 Å². The Hall–Kier alpha value is -1.45. The SMILES string of the molecule is CC(C)C1=CC2CC3(C=O)[C@@H]4CC[C@@H](C)[C@H]4CC2(C(=O)CCC2CCCCC2)[C@]13C(=O)O. The molecule has 4 heteroatoms. The molecule has 0 aromatic carbocycles. The largest absolute Gasteiger partial charge is 0.481 e. The van der Waals surface area contributed by atoms with Crippen LogP contribution in [-0.4, -0.2) is 23.1 Å². The maximum absolute atomic E-state index is 14.3. The smallest absolute Gasteiger partial charge is 0.315 e. The number of fused-ring (bicyclic) bond motifs is 2. The molecule has 0 aromatic heterocycles. The third-order valence-electron chi connectivity index (χ3n) is 10.9. The van der Waals surface area contributed by atoms with E-state index in [2.05, 4.69) is 13.0 Å². The standard InChI is InChI=1S/C28H40O4/c1-17(2)23-13-20-14-26(16-29)22-11-9-18(3)21(22)15-27(20,28(23,26)25(31)32)24(30)12-10-19-7-5-4-6-8-19/h13,16-22H,4-12,14-15H2,1-3H3,(H,31,32)/t18-,20?,21-,22-,26?,27?,28+/m1/s1. The van der Waals surface area contributed by atoms with Gasteiger partial charge < -0.3 is 9.90 Å². The Balaban J connectivity index is 1.62. The third-order valence-corrected chi connectivity index (χ3v) is 10.9. The van der Waals surface area contributed by atoms with Crippen LogP contribution in [0.1, 0.15) is 91.4 Å². The predicted octanol–water partition coefficient (Wildman–Crippen LogP) is 5.84. The quantitative estimate of drug-likeness (QED) is 0.399. The molecule has 0 aromatic rings. The molecule has 7 atom stereocenters. The molecule has 4 fully saturated rings. The van der Waals surface area contributed by atoms with Crippen LogP contribution in [0.15, 0.2) is 11.6 Å². The van der Waals surface area contributed by atoms with E-state index in [9.17, 15) is 19.5 Å². The summed E-state index contributed by atoms with van der Waals surface area (Å²) >= 11 is 0. The van der Waals surface area contributed by atoms with Gasteiger partial charge in [0, 0.05) is 6.42 Å². The molecule has 0 spiro atoms. The minimum atomic E-state index is -1.34. The van der Waals surface area contributed by atoms with Gasteiger partial charge in [0.25, 0.3) is 0 Å². The van der Waals surface area contributed by atoms with E-state index in [0.717, 1.165) is 31.1 Å². The van der Waals surface area contributed by atoms with Gasteiger partial charge in [-0.2, -0.15) is 0 Å². The van der Waals surface area contributed by atoms with Crippen LogP contribution in [0.25, 0.3) is 0 Å². The van der Waals surface area contributed by atoms with Gasteiger partial charge in [-0.3, -0.25) is 9.59 Å². The number of aldehydes is 1. The zero-order valence-corrected chi connectivity index (χ0v) is 20.1. The number of carboxylic acid groups (broad SMARTS) is 1. The highest BCUT2D eigenvalue weighted by molar-refractivity contribution is 6.01. The van der Waals surface area contributed by atoms with E-state index >= 15 is 0 Å². The Kier molecular flexibility index (Phi) is 5.26. The number of allylic oxidation sites excluding steroid dienone is 1. The van der Waals surface area contributed by atoms with E-state index in [1.54, 1.807) is 0 Å². The van der Waals surface area contributed by atoms with E-state index in [-0.39, 0.29) is 29.5 Å². The average Bonchev–Trinajstić information content (AvgIpc) is 3.36. The number of carbonyl (C=O) groups is 3. The summed E-state index contributed by atoms with van der Waals surface area (Å²) in [5, 5.41) is 11.0. The van der Waals surface area contributed by atoms with E-state index in [1.807, 2.05) is 13.8 Å². The summed E-state index contributed by atoms with van der Waals surface area (Å²) in [4.78, 5) is 40.7. The lowest BCUT2D eigenvalue weighted by molar-refractivity contribution is -0.183. The summed E-state index contributed by atoms with van der Waals surface area (Å²) in [6, 6.07) is 0. The summed E-state index contributed by atoms with van der Waals surface area (Å²) < 4.78 is 0. The van der Waals surface area contributed by atoms with Gasteiger partial charge in [-0.25, -0.2) is 0 Å². The molecule has 0 aliphatic heterocycles. The number of hydrogen-bond donors (Lipinski definition) is 1. The van der Waals surface area contributed by atoms with Gasteiger partial charge in [0.1, 0.15) is 17.5 Å². The molecule has 0 saturated heterocycles. The van der Waals surface area contributed by atoms with E-state index in [0.29, 0.717) is 31.1 Å². The van der Waals surface area contributed by atoms with Crippen molar-refractivity contribution in [3.05, 3.63) is 11.6 Å². The van der Waals surface area contributed by atoms with Crippen molar-refractivity contribution in [2.24, 2.45) is 51.8 Å². The maximum atomic E-state index is 14.3. The zero-order chi connectivity index (χ0) is 22.9. The van der Waals surface area contributed by atoms with E-state index in [1.165, 1.54) is 32.1 Å². The molecule has 0 amide bonds. The summed E-state index contributed by atoms with van der Waals surface area (Å²) in [5.74, 6) is 0.607. The number of carbonyl (C=O) groups excluding carboxylic acids is 2. The minimum absolute atomic E-state index is 0.0246. The monoisotopic (exact) mass is 440 g/mol. The predicted molar refractivity (Wildman–Crippen MR) is 123 cm³/mol. The first-order chi connectivity index (χ1) is 15.3. The first-order valence-corrected chi connectivity index (χ1v) is 13.2. The molecule has 5 rings (SSSR count). The molecule has 176 valence electrons. The first-order valence-electron chi connectivity index (χ1n) is 13.2. The Morgan fingerprint density at radius 1 is 1.12 bits per heavy atom. The van der Waals surface area contributed by atoms with Gasteiger partial charge in [-0.05, 0) is 61.2 Å². The molecule has 4 saturated carbocycles. The number of aliphatic carboxylic acids is 1. The average molecular weight is 441 g/mol. The second-order valence-electron chi connectivity index (χ2n) is 12.3. The second kappa shape index (κ2) is 7.53. The molecular formula is C28H40O4.